The summed E-state index contributed by atoms with van der Waals surface area (Å²) < 4.78 is 5.78. The number of carbonyl (C=O) groups excluding carboxylic acids is 3. The quantitative estimate of drug-likeness (QED) is 0.175. The van der Waals surface area contributed by atoms with Crippen LogP contribution in [0.15, 0.2) is 36.4 Å². The Balaban J connectivity index is 0.000000317. The number of anilines is 1. The second-order valence-electron chi connectivity index (χ2n) is 11.1. The van der Waals surface area contributed by atoms with Gasteiger partial charge in [-0.2, -0.15) is 11.8 Å². The number of primary amides is 1. The van der Waals surface area contributed by atoms with Gasteiger partial charge in [0.05, 0.1) is 11.6 Å². The molecule has 1 fully saturated rings. The molecule has 0 bridgehead atoms. The molecular formula is C31H51N5O4S. The van der Waals surface area contributed by atoms with Gasteiger partial charge in [0, 0.05) is 53.8 Å². The van der Waals surface area contributed by atoms with Crippen molar-refractivity contribution in [3.05, 3.63) is 42.0 Å². The first-order valence-corrected chi connectivity index (χ1v) is 15.5. The van der Waals surface area contributed by atoms with Gasteiger partial charge >= 0.3 is 0 Å². The lowest BCUT2D eigenvalue weighted by Gasteiger charge is -2.26. The normalized spacial score (nSPS) is 16.3. The largest absolute Gasteiger partial charge is 0.398 e. The Labute approximate surface area is 250 Å². The van der Waals surface area contributed by atoms with Crippen molar-refractivity contribution >= 4 is 46.4 Å². The number of hydrogen-bond acceptors (Lipinski definition) is 7. The van der Waals surface area contributed by atoms with E-state index >= 15 is 0 Å². The van der Waals surface area contributed by atoms with Crippen molar-refractivity contribution in [3.63, 3.8) is 0 Å². The maximum atomic E-state index is 11.5. The van der Waals surface area contributed by atoms with Crippen LogP contribution in [0.2, 0.25) is 0 Å². The smallest absolute Gasteiger partial charge is 0.249 e. The lowest BCUT2D eigenvalue weighted by molar-refractivity contribution is -0.123. The Kier molecular flexibility index (Phi) is 17.1. The molecule has 3 amide bonds. The second kappa shape index (κ2) is 19.3. The minimum Gasteiger partial charge on any atom is -0.398 e. The van der Waals surface area contributed by atoms with Crippen molar-refractivity contribution in [2.75, 3.05) is 37.4 Å². The van der Waals surface area contributed by atoms with Gasteiger partial charge < -0.3 is 32.2 Å². The first-order valence-electron chi connectivity index (χ1n) is 14.4. The Morgan fingerprint density at radius 2 is 1.78 bits per heavy atom. The number of carbonyl (C=O) groups is 3. The highest BCUT2D eigenvalue weighted by Gasteiger charge is 2.25. The van der Waals surface area contributed by atoms with Crippen LogP contribution in [0.4, 0.5) is 5.69 Å². The monoisotopic (exact) mass is 589 g/mol. The number of nitrogens with two attached hydrogens (primary N) is 2. The third kappa shape index (κ3) is 14.1. The summed E-state index contributed by atoms with van der Waals surface area (Å²) in [5.74, 6) is 2.49. The van der Waals surface area contributed by atoms with Gasteiger partial charge in [-0.3, -0.25) is 14.4 Å². The minimum atomic E-state index is -0.429. The van der Waals surface area contributed by atoms with E-state index in [2.05, 4.69) is 36.7 Å². The molecule has 0 aliphatic carbocycles. The van der Waals surface area contributed by atoms with E-state index < -0.39 is 5.91 Å². The van der Waals surface area contributed by atoms with Gasteiger partial charge in [-0.15, -0.1) is 0 Å². The molecular weight excluding hydrogens is 538 g/mol. The van der Waals surface area contributed by atoms with Crippen molar-refractivity contribution in [2.24, 2.45) is 11.7 Å². The van der Waals surface area contributed by atoms with Crippen LogP contribution in [0.3, 0.4) is 0 Å². The van der Waals surface area contributed by atoms with E-state index in [-0.39, 0.29) is 11.5 Å². The Morgan fingerprint density at radius 1 is 1.12 bits per heavy atom. The number of amides is 3. The molecule has 7 N–H and O–H groups in total. The summed E-state index contributed by atoms with van der Waals surface area (Å²) in [6.07, 6.45) is 4.48. The van der Waals surface area contributed by atoms with Gasteiger partial charge in [-0.25, -0.2) is 0 Å². The van der Waals surface area contributed by atoms with Gasteiger partial charge in [-0.1, -0.05) is 51.5 Å². The molecule has 10 heteroatoms. The van der Waals surface area contributed by atoms with Crippen LogP contribution in [0.25, 0.3) is 10.8 Å². The summed E-state index contributed by atoms with van der Waals surface area (Å²) in [5.41, 5.74) is 11.9. The third-order valence-electron chi connectivity index (χ3n) is 6.61. The second-order valence-corrected chi connectivity index (χ2v) is 12.2. The summed E-state index contributed by atoms with van der Waals surface area (Å²) in [6, 6.07) is 11.6. The van der Waals surface area contributed by atoms with E-state index in [9.17, 15) is 14.4 Å². The van der Waals surface area contributed by atoms with Crippen LogP contribution >= 0.6 is 11.8 Å². The highest BCUT2D eigenvalue weighted by Crippen LogP contribution is 2.23. The van der Waals surface area contributed by atoms with Gasteiger partial charge in [0.2, 0.25) is 18.2 Å². The van der Waals surface area contributed by atoms with Crippen LogP contribution in [-0.4, -0.2) is 67.6 Å². The zero-order valence-electron chi connectivity index (χ0n) is 25.6. The fourth-order valence-electron chi connectivity index (χ4n) is 4.00. The highest BCUT2D eigenvalue weighted by molar-refractivity contribution is 7.99. The molecule has 9 nitrogen and oxygen atoms in total. The standard InChI is InChI=1S/C14H29NO2.C11H10N2O.C6H12N2OS/c1-6-7-8-13(16)15-11-14(4,5)17-10-9-12(2)3;12-10-6-2-3-7-8(10)4-1-5-9(7)11(13)14;1-7-5-2-10-3-6(5)8-4-9/h12H,6-11H2,1-5H3,(H,15,16);1-6H,12H2,(H2,13,14);4-7H,2-3H2,1H3,(H,8,9). The van der Waals surface area contributed by atoms with Crippen molar-refractivity contribution in [1.29, 1.82) is 0 Å². The summed E-state index contributed by atoms with van der Waals surface area (Å²) in [7, 11) is 1.93. The van der Waals surface area contributed by atoms with E-state index in [4.69, 9.17) is 16.2 Å². The maximum absolute atomic E-state index is 11.5. The average Bonchev–Trinajstić information content (AvgIpc) is 3.38. The van der Waals surface area contributed by atoms with Crippen molar-refractivity contribution in [2.45, 2.75) is 78.0 Å². The SMILES string of the molecule is CCCCC(=O)NCC(C)(C)OCCC(C)C.CNC1CSCC1NC=O.NC(=O)c1cccc2c(N)cccc12. The molecule has 2 aromatic carbocycles. The van der Waals surface area contributed by atoms with E-state index in [1.54, 1.807) is 18.2 Å². The average molecular weight is 590 g/mol. The number of nitrogens with one attached hydrogen (secondary N) is 3. The minimum absolute atomic E-state index is 0.132. The molecule has 41 heavy (non-hydrogen) atoms. The number of hydrogen-bond donors (Lipinski definition) is 5. The number of nitrogen functional groups attached to an aromatic ring is 1. The van der Waals surface area contributed by atoms with E-state index in [0.29, 0.717) is 42.2 Å². The summed E-state index contributed by atoms with van der Waals surface area (Å²) in [5, 5.41) is 10.5. The van der Waals surface area contributed by atoms with Crippen LogP contribution in [0.5, 0.6) is 0 Å². The van der Waals surface area contributed by atoms with Gasteiger partial charge in [0.15, 0.2) is 0 Å². The maximum Gasteiger partial charge on any atom is 0.249 e. The molecule has 1 saturated heterocycles. The van der Waals surface area contributed by atoms with Crippen LogP contribution in [0.1, 0.15) is 70.7 Å². The number of ether oxygens (including phenoxy) is 1. The van der Waals surface area contributed by atoms with Gasteiger partial charge in [-0.05, 0) is 57.2 Å². The molecule has 1 heterocycles. The number of thioether (sulfide) groups is 1. The molecule has 0 saturated carbocycles. The number of unbranched alkanes of at least 4 members (excludes halogenated alkanes) is 1. The number of fused-ring (bicyclic) bond motifs is 1. The predicted molar refractivity (Wildman–Crippen MR) is 172 cm³/mol. The summed E-state index contributed by atoms with van der Waals surface area (Å²) >= 11 is 1.87. The number of benzene rings is 2. The van der Waals surface area contributed by atoms with Crippen molar-refractivity contribution < 1.29 is 19.1 Å². The van der Waals surface area contributed by atoms with Crippen molar-refractivity contribution in [1.82, 2.24) is 16.0 Å². The van der Waals surface area contributed by atoms with E-state index in [1.165, 1.54) is 0 Å². The number of rotatable bonds is 13. The molecule has 3 rings (SSSR count). The van der Waals surface area contributed by atoms with E-state index in [1.807, 2.05) is 50.9 Å². The highest BCUT2D eigenvalue weighted by atomic mass is 32.2. The number of likely N-dealkylation sites (N-methyl/N-ethyl adjacent to an activating group) is 1. The lowest BCUT2D eigenvalue weighted by Crippen LogP contribution is -2.45. The van der Waals surface area contributed by atoms with Crippen LogP contribution < -0.4 is 27.4 Å². The van der Waals surface area contributed by atoms with Gasteiger partial charge in [0.1, 0.15) is 0 Å². The van der Waals surface area contributed by atoms with E-state index in [0.717, 1.165) is 54.6 Å². The lowest BCUT2D eigenvalue weighted by atomic mass is 10.0. The molecule has 0 radical (unpaired) electrons. The van der Waals surface area contributed by atoms with Crippen LogP contribution in [-0.2, 0) is 14.3 Å². The first kappa shape index (κ1) is 36.2. The molecule has 2 aromatic rings. The first-order chi connectivity index (χ1) is 19.4. The summed E-state index contributed by atoms with van der Waals surface area (Å²) in [6.45, 7) is 11.8. The third-order valence-corrected chi connectivity index (χ3v) is 7.80. The fraction of sp³-hybridized carbons (Fsp3) is 0.581. The molecule has 2 atom stereocenters. The molecule has 230 valence electrons. The van der Waals surface area contributed by atoms with Crippen molar-refractivity contribution in [3.8, 4) is 0 Å². The van der Waals surface area contributed by atoms with Gasteiger partial charge in [0.25, 0.3) is 0 Å². The summed E-state index contributed by atoms with van der Waals surface area (Å²) in [4.78, 5) is 32.6. The zero-order chi connectivity index (χ0) is 30.8. The fourth-order valence-corrected chi connectivity index (χ4v) is 5.37. The zero-order valence-corrected chi connectivity index (χ0v) is 26.4. The Bertz CT molecular complexity index is 1080. The molecule has 2 unspecified atom stereocenters. The predicted octanol–water partition coefficient (Wildman–Crippen LogP) is 4.09. The molecule has 0 spiro atoms. The molecule has 1 aliphatic rings. The molecule has 0 aromatic heterocycles. The Hall–Kier alpha value is -2.82. The Morgan fingerprint density at radius 3 is 2.39 bits per heavy atom. The van der Waals surface area contributed by atoms with Crippen LogP contribution in [0, 0.1) is 5.92 Å². The topological polar surface area (TPSA) is 149 Å². The molecule has 1 aliphatic heterocycles.